The summed E-state index contributed by atoms with van der Waals surface area (Å²) in [5, 5.41) is 9.10. The summed E-state index contributed by atoms with van der Waals surface area (Å²) in [6, 6.07) is 23.3. The molecule has 0 radical (unpaired) electrons. The predicted molar refractivity (Wildman–Crippen MR) is 94.4 cm³/mol. The van der Waals surface area contributed by atoms with Gasteiger partial charge in [-0.25, -0.2) is 0 Å². The third-order valence-electron chi connectivity index (χ3n) is 4.57. The molecule has 23 heavy (non-hydrogen) atoms. The maximum atomic E-state index is 9.10. The monoisotopic (exact) mass is 302 g/mol. The first-order valence-corrected chi connectivity index (χ1v) is 8.42. The normalized spacial score (nSPS) is 19.7. The molecule has 0 N–H and O–H groups in total. The summed E-state index contributed by atoms with van der Waals surface area (Å²) < 4.78 is 0. The zero-order chi connectivity index (χ0) is 15.9. The van der Waals surface area contributed by atoms with E-state index in [1.165, 1.54) is 29.7 Å². The van der Waals surface area contributed by atoms with Gasteiger partial charge in [-0.3, -0.25) is 4.99 Å². The average Bonchev–Trinajstić information content (AvgIpc) is 2.63. The highest BCUT2D eigenvalue weighted by Gasteiger charge is 2.22. The molecule has 0 amide bonds. The summed E-state index contributed by atoms with van der Waals surface area (Å²) >= 11 is 0. The van der Waals surface area contributed by atoms with Crippen LogP contribution >= 0.6 is 0 Å². The van der Waals surface area contributed by atoms with Crippen molar-refractivity contribution in [2.75, 3.05) is 0 Å². The fraction of sp³-hybridized carbons (Fsp3) is 0.333. The lowest BCUT2D eigenvalue weighted by Gasteiger charge is -2.25. The van der Waals surface area contributed by atoms with Crippen molar-refractivity contribution in [1.29, 1.82) is 5.26 Å². The molecule has 0 spiro atoms. The zero-order valence-corrected chi connectivity index (χ0v) is 13.4. The van der Waals surface area contributed by atoms with Gasteiger partial charge in [0, 0.05) is 18.1 Å². The minimum absolute atomic E-state index is 0.0340. The van der Waals surface area contributed by atoms with Crippen LogP contribution in [0.2, 0.25) is 0 Å². The van der Waals surface area contributed by atoms with E-state index in [-0.39, 0.29) is 6.04 Å². The Kier molecular flexibility index (Phi) is 5.21. The lowest BCUT2D eigenvalue weighted by Crippen LogP contribution is -2.20. The molecule has 2 aromatic rings. The number of rotatable bonds is 4. The topological polar surface area (TPSA) is 36.1 Å². The van der Waals surface area contributed by atoms with Crippen molar-refractivity contribution < 1.29 is 0 Å². The molecule has 116 valence electrons. The molecule has 0 aliphatic heterocycles. The highest BCUT2D eigenvalue weighted by Crippen LogP contribution is 2.31. The molecule has 0 unspecified atom stereocenters. The van der Waals surface area contributed by atoms with Crippen LogP contribution in [0.4, 0.5) is 0 Å². The summed E-state index contributed by atoms with van der Waals surface area (Å²) in [6.07, 6.45) is 5.13. The Morgan fingerprint density at radius 3 is 2.13 bits per heavy atom. The number of nitriles is 1. The highest BCUT2D eigenvalue weighted by atomic mass is 14.8. The molecule has 1 aliphatic rings. The van der Waals surface area contributed by atoms with Crippen molar-refractivity contribution >= 4 is 5.71 Å². The Hall–Kier alpha value is -2.40. The lowest BCUT2D eigenvalue weighted by atomic mass is 9.84. The highest BCUT2D eigenvalue weighted by molar-refractivity contribution is 5.88. The number of hydrogen-bond donors (Lipinski definition) is 0. The summed E-state index contributed by atoms with van der Waals surface area (Å²) in [4.78, 5) is 5.14. The summed E-state index contributed by atoms with van der Waals surface area (Å²) in [5.41, 5.74) is 3.66. The molecular formula is C21H22N2. The number of hydrogen-bond acceptors (Lipinski definition) is 2. The first-order valence-electron chi connectivity index (χ1n) is 8.42. The predicted octanol–water partition coefficient (Wildman–Crippen LogP) is 5.32. The van der Waals surface area contributed by atoms with E-state index >= 15 is 0 Å². The Labute approximate surface area is 138 Å². The zero-order valence-electron chi connectivity index (χ0n) is 13.4. The van der Waals surface area contributed by atoms with Crippen LogP contribution in [0.25, 0.3) is 0 Å². The molecule has 1 fully saturated rings. The SMILES string of the molecule is N#CC[C@H]1CCCCC1=NC(c1ccccc1)c1ccccc1. The van der Waals surface area contributed by atoms with Gasteiger partial charge in [-0.15, -0.1) is 0 Å². The summed E-state index contributed by atoms with van der Waals surface area (Å²) in [5.74, 6) is 0.337. The molecule has 2 nitrogen and oxygen atoms in total. The number of aliphatic imine (C=N–C) groups is 1. The van der Waals surface area contributed by atoms with Gasteiger partial charge in [0.25, 0.3) is 0 Å². The van der Waals surface area contributed by atoms with Gasteiger partial charge >= 0.3 is 0 Å². The third kappa shape index (κ3) is 3.87. The van der Waals surface area contributed by atoms with E-state index in [0.29, 0.717) is 12.3 Å². The molecule has 3 rings (SSSR count). The van der Waals surface area contributed by atoms with E-state index in [9.17, 15) is 0 Å². The number of nitrogens with zero attached hydrogens (tertiary/aromatic N) is 2. The second-order valence-corrected chi connectivity index (χ2v) is 6.15. The fourth-order valence-electron chi connectivity index (χ4n) is 3.35. The Morgan fingerprint density at radius 1 is 0.957 bits per heavy atom. The Bertz CT molecular complexity index is 643. The summed E-state index contributed by atoms with van der Waals surface area (Å²) in [7, 11) is 0. The van der Waals surface area contributed by atoms with Gasteiger partial charge in [0.1, 0.15) is 0 Å². The van der Waals surface area contributed by atoms with Crippen molar-refractivity contribution in [3.8, 4) is 6.07 Å². The molecule has 1 saturated carbocycles. The van der Waals surface area contributed by atoms with E-state index in [2.05, 4.69) is 54.6 Å². The molecule has 2 heteroatoms. The standard InChI is InChI=1S/C21H22N2/c22-16-15-17-9-7-8-14-20(17)23-21(18-10-3-1-4-11-18)19-12-5-2-6-13-19/h1-6,10-13,17,21H,7-9,14-15H2/t17-/m1/s1. The molecule has 0 aromatic heterocycles. The van der Waals surface area contributed by atoms with Gasteiger partial charge in [-0.1, -0.05) is 67.1 Å². The van der Waals surface area contributed by atoms with Gasteiger partial charge in [-0.2, -0.15) is 5.26 Å². The summed E-state index contributed by atoms with van der Waals surface area (Å²) in [6.45, 7) is 0. The Balaban J connectivity index is 1.98. The average molecular weight is 302 g/mol. The van der Waals surface area contributed by atoms with Crippen molar-refractivity contribution in [3.05, 3.63) is 71.8 Å². The van der Waals surface area contributed by atoms with Gasteiger partial charge < -0.3 is 0 Å². The van der Waals surface area contributed by atoms with Crippen LogP contribution in [0.3, 0.4) is 0 Å². The fourth-order valence-corrected chi connectivity index (χ4v) is 3.35. The molecule has 1 aliphatic carbocycles. The molecule has 2 aromatic carbocycles. The van der Waals surface area contributed by atoms with E-state index in [4.69, 9.17) is 10.3 Å². The van der Waals surface area contributed by atoms with E-state index < -0.39 is 0 Å². The first-order chi connectivity index (χ1) is 11.4. The van der Waals surface area contributed by atoms with Crippen LogP contribution in [-0.4, -0.2) is 5.71 Å². The van der Waals surface area contributed by atoms with Crippen LogP contribution < -0.4 is 0 Å². The van der Waals surface area contributed by atoms with Crippen LogP contribution in [0.15, 0.2) is 65.7 Å². The minimum atomic E-state index is 0.0340. The smallest absolute Gasteiger partial charge is 0.0998 e. The number of benzene rings is 2. The lowest BCUT2D eigenvalue weighted by molar-refractivity contribution is 0.529. The third-order valence-corrected chi connectivity index (χ3v) is 4.57. The van der Waals surface area contributed by atoms with E-state index in [1.54, 1.807) is 0 Å². The largest absolute Gasteiger partial charge is 0.281 e. The second kappa shape index (κ2) is 7.74. The van der Waals surface area contributed by atoms with Crippen LogP contribution in [0.1, 0.15) is 49.3 Å². The van der Waals surface area contributed by atoms with Crippen molar-refractivity contribution in [2.45, 2.75) is 38.1 Å². The molecule has 0 heterocycles. The van der Waals surface area contributed by atoms with Gasteiger partial charge in [-0.05, 0) is 30.4 Å². The van der Waals surface area contributed by atoms with Crippen molar-refractivity contribution in [2.24, 2.45) is 10.9 Å². The minimum Gasteiger partial charge on any atom is -0.281 e. The maximum absolute atomic E-state index is 9.10. The van der Waals surface area contributed by atoms with Crippen LogP contribution in [-0.2, 0) is 0 Å². The Morgan fingerprint density at radius 2 is 1.57 bits per heavy atom. The first kappa shape index (κ1) is 15.5. The second-order valence-electron chi connectivity index (χ2n) is 6.15. The molecule has 0 bridgehead atoms. The van der Waals surface area contributed by atoms with E-state index in [1.807, 2.05) is 12.1 Å². The molecule has 0 saturated heterocycles. The van der Waals surface area contributed by atoms with Gasteiger partial charge in [0.15, 0.2) is 0 Å². The van der Waals surface area contributed by atoms with Crippen molar-refractivity contribution in [1.82, 2.24) is 0 Å². The van der Waals surface area contributed by atoms with Crippen LogP contribution in [0.5, 0.6) is 0 Å². The van der Waals surface area contributed by atoms with Crippen molar-refractivity contribution in [3.63, 3.8) is 0 Å². The van der Waals surface area contributed by atoms with Crippen LogP contribution in [0, 0.1) is 17.2 Å². The maximum Gasteiger partial charge on any atom is 0.0998 e. The van der Waals surface area contributed by atoms with Gasteiger partial charge in [0.05, 0.1) is 12.1 Å². The molecule has 1 atom stereocenters. The van der Waals surface area contributed by atoms with E-state index in [0.717, 1.165) is 12.8 Å². The van der Waals surface area contributed by atoms with Gasteiger partial charge in [0.2, 0.25) is 0 Å². The quantitative estimate of drug-likeness (QED) is 0.752. The molecular weight excluding hydrogens is 280 g/mol.